The zero-order chi connectivity index (χ0) is 25.9. The summed E-state index contributed by atoms with van der Waals surface area (Å²) in [5.74, 6) is 0.276. The van der Waals surface area contributed by atoms with Crippen molar-refractivity contribution in [2.24, 2.45) is 5.92 Å². The Hall–Kier alpha value is -1.16. The number of hydrogen-bond acceptors (Lipinski definition) is 4. The number of carbonyl (C=O) groups is 1. The molecule has 0 spiro atoms. The monoisotopic (exact) mass is 507 g/mol. The summed E-state index contributed by atoms with van der Waals surface area (Å²) in [7, 11) is -1.96. The van der Waals surface area contributed by atoms with Gasteiger partial charge in [0.25, 0.3) is 0 Å². The highest BCUT2D eigenvalue weighted by Gasteiger charge is 2.46. The molecule has 1 saturated carbocycles. The lowest BCUT2D eigenvalue weighted by atomic mass is 10.1. The van der Waals surface area contributed by atoms with Gasteiger partial charge in [-0.2, -0.15) is 0 Å². The Kier molecular flexibility index (Phi) is 9.28. The van der Waals surface area contributed by atoms with Crippen LogP contribution in [0.3, 0.4) is 0 Å². The van der Waals surface area contributed by atoms with Crippen LogP contribution < -0.4 is 0 Å². The Bertz CT molecular complexity index is 799. The number of ether oxygens (including phenoxy) is 1. The number of rotatable bonds is 8. The zero-order valence-corrected chi connectivity index (χ0v) is 25.5. The van der Waals surface area contributed by atoms with Crippen LogP contribution in [-0.2, 0) is 20.2 Å². The van der Waals surface area contributed by atoms with Crippen molar-refractivity contribution in [2.75, 3.05) is 13.7 Å². The SMILES string of the molecule is CN(C(=O)OCc1ccccc1)[C@@H]1C[C@@H](CO[Si](C)(C)C(C)(C)C)[C@@H](O[Si](C)(C)C(C)(C)C)C1. The maximum absolute atomic E-state index is 12.9. The average molecular weight is 508 g/mol. The Balaban J connectivity index is 2.11. The van der Waals surface area contributed by atoms with Gasteiger partial charge in [0.2, 0.25) is 0 Å². The van der Waals surface area contributed by atoms with Gasteiger partial charge in [-0.05, 0) is 54.7 Å². The van der Waals surface area contributed by atoms with Crippen LogP contribution >= 0.6 is 0 Å². The Labute approximate surface area is 210 Å². The van der Waals surface area contributed by atoms with Crippen LogP contribution in [0.2, 0.25) is 36.3 Å². The molecule has 0 bridgehead atoms. The minimum atomic E-state index is -1.95. The smallest absolute Gasteiger partial charge is 0.410 e. The van der Waals surface area contributed by atoms with Gasteiger partial charge in [-0.3, -0.25) is 0 Å². The molecule has 0 saturated heterocycles. The molecule has 0 aromatic heterocycles. The predicted octanol–water partition coefficient (Wildman–Crippen LogP) is 7.45. The van der Waals surface area contributed by atoms with Crippen molar-refractivity contribution in [2.45, 2.75) is 109 Å². The van der Waals surface area contributed by atoms with Crippen molar-refractivity contribution in [3.63, 3.8) is 0 Å². The van der Waals surface area contributed by atoms with E-state index in [0.717, 1.165) is 18.4 Å². The summed E-state index contributed by atoms with van der Waals surface area (Å²) in [5.41, 5.74) is 0.996. The zero-order valence-electron chi connectivity index (χ0n) is 23.5. The molecule has 0 aliphatic heterocycles. The largest absolute Gasteiger partial charge is 0.445 e. The number of nitrogens with zero attached hydrogens (tertiary/aromatic N) is 1. The van der Waals surface area contributed by atoms with E-state index in [1.807, 2.05) is 37.4 Å². The average Bonchev–Trinajstić information content (AvgIpc) is 3.11. The lowest BCUT2D eigenvalue weighted by molar-refractivity contribution is 0.0881. The van der Waals surface area contributed by atoms with Gasteiger partial charge in [-0.25, -0.2) is 4.79 Å². The molecule has 1 aliphatic carbocycles. The molecule has 5 nitrogen and oxygen atoms in total. The van der Waals surface area contributed by atoms with E-state index in [4.69, 9.17) is 13.6 Å². The summed E-state index contributed by atoms with van der Waals surface area (Å²) in [6.07, 6.45) is 1.53. The number of carbonyl (C=O) groups excluding carboxylic acids is 1. The Morgan fingerprint density at radius 3 is 2.03 bits per heavy atom. The third-order valence-corrected chi connectivity index (χ3v) is 17.4. The summed E-state index contributed by atoms with van der Waals surface area (Å²) in [6, 6.07) is 9.91. The first-order valence-corrected chi connectivity index (χ1v) is 18.5. The van der Waals surface area contributed by atoms with E-state index in [0.29, 0.717) is 13.2 Å². The summed E-state index contributed by atoms with van der Waals surface area (Å²) in [5, 5.41) is 0.301. The standard InChI is InChI=1S/C27H49NO4Si2/c1-26(2,3)33(8,9)31-20-22-17-23(18-24(22)32-34(10,11)27(4,5)6)28(7)25(29)30-19-21-15-13-12-14-16-21/h12-16,22-24H,17-20H2,1-11H3/t22-,23+,24-/m0/s1. The van der Waals surface area contributed by atoms with Gasteiger partial charge in [0, 0.05) is 25.6 Å². The van der Waals surface area contributed by atoms with Gasteiger partial charge in [0.05, 0.1) is 6.10 Å². The van der Waals surface area contributed by atoms with E-state index in [2.05, 4.69) is 67.7 Å². The molecule has 0 radical (unpaired) electrons. The summed E-state index contributed by atoms with van der Waals surface area (Å²) in [4.78, 5) is 14.6. The maximum atomic E-state index is 12.9. The van der Waals surface area contributed by atoms with Crippen LogP contribution in [0.15, 0.2) is 30.3 Å². The second-order valence-corrected chi connectivity index (χ2v) is 22.6. The van der Waals surface area contributed by atoms with E-state index in [-0.39, 0.29) is 34.2 Å². The molecule has 0 N–H and O–H groups in total. The molecule has 1 aliphatic rings. The molecule has 0 unspecified atom stereocenters. The minimum absolute atomic E-state index is 0.0889. The molecule has 3 atom stereocenters. The minimum Gasteiger partial charge on any atom is -0.445 e. The van der Waals surface area contributed by atoms with Crippen molar-refractivity contribution < 1.29 is 18.4 Å². The van der Waals surface area contributed by atoms with Gasteiger partial charge < -0.3 is 18.5 Å². The lowest BCUT2D eigenvalue weighted by Crippen LogP contribution is -2.46. The summed E-state index contributed by atoms with van der Waals surface area (Å²) < 4.78 is 19.2. The third-order valence-electron chi connectivity index (χ3n) is 8.36. The second kappa shape index (κ2) is 10.8. The van der Waals surface area contributed by atoms with Crippen molar-refractivity contribution in [1.29, 1.82) is 0 Å². The summed E-state index contributed by atoms with van der Waals surface area (Å²) >= 11 is 0. The van der Waals surface area contributed by atoms with Crippen molar-refractivity contribution >= 4 is 22.7 Å². The van der Waals surface area contributed by atoms with Crippen LogP contribution in [0.25, 0.3) is 0 Å². The van der Waals surface area contributed by atoms with Gasteiger partial charge in [-0.15, -0.1) is 0 Å². The first-order chi connectivity index (χ1) is 15.4. The van der Waals surface area contributed by atoms with Crippen molar-refractivity contribution in [3.8, 4) is 0 Å². The molecule has 1 fully saturated rings. The van der Waals surface area contributed by atoms with E-state index in [9.17, 15) is 4.79 Å². The highest BCUT2D eigenvalue weighted by molar-refractivity contribution is 6.74. The first kappa shape index (κ1) is 29.1. The fourth-order valence-electron chi connectivity index (χ4n) is 3.75. The van der Waals surface area contributed by atoms with Crippen molar-refractivity contribution in [3.05, 3.63) is 35.9 Å². The van der Waals surface area contributed by atoms with Crippen LogP contribution in [-0.4, -0.2) is 53.4 Å². The maximum Gasteiger partial charge on any atom is 0.410 e. The number of benzene rings is 1. The summed E-state index contributed by atoms with van der Waals surface area (Å²) in [6.45, 7) is 23.9. The molecular formula is C27H49NO4Si2. The number of hydrogen-bond donors (Lipinski definition) is 0. The molecule has 1 amide bonds. The molecule has 194 valence electrons. The molecule has 1 aromatic rings. The van der Waals surface area contributed by atoms with E-state index >= 15 is 0 Å². The topological polar surface area (TPSA) is 48.0 Å². The Morgan fingerprint density at radius 1 is 0.941 bits per heavy atom. The van der Waals surface area contributed by atoms with E-state index < -0.39 is 16.6 Å². The van der Waals surface area contributed by atoms with Gasteiger partial charge in [0.15, 0.2) is 16.6 Å². The van der Waals surface area contributed by atoms with Gasteiger partial charge >= 0.3 is 6.09 Å². The fourth-order valence-corrected chi connectivity index (χ4v) is 6.21. The molecule has 2 rings (SSSR count). The highest BCUT2D eigenvalue weighted by Crippen LogP contribution is 2.43. The Morgan fingerprint density at radius 2 is 1.50 bits per heavy atom. The lowest BCUT2D eigenvalue weighted by Gasteiger charge is -2.41. The number of amides is 1. The van der Waals surface area contributed by atoms with Crippen LogP contribution in [0, 0.1) is 5.92 Å². The van der Waals surface area contributed by atoms with Gasteiger partial charge in [-0.1, -0.05) is 71.9 Å². The van der Waals surface area contributed by atoms with Crippen LogP contribution in [0.5, 0.6) is 0 Å². The second-order valence-electron chi connectivity index (χ2n) is 13.0. The molecular weight excluding hydrogens is 458 g/mol. The van der Waals surface area contributed by atoms with Crippen molar-refractivity contribution in [1.82, 2.24) is 4.90 Å². The van der Waals surface area contributed by atoms with Crippen LogP contribution in [0.4, 0.5) is 4.79 Å². The molecule has 0 heterocycles. The van der Waals surface area contributed by atoms with Crippen LogP contribution in [0.1, 0.15) is 59.9 Å². The third kappa shape index (κ3) is 7.42. The fraction of sp³-hybridized carbons (Fsp3) is 0.741. The molecule has 1 aromatic carbocycles. The highest BCUT2D eigenvalue weighted by atomic mass is 28.4. The molecule has 7 heteroatoms. The van der Waals surface area contributed by atoms with E-state index in [1.54, 1.807) is 4.90 Å². The van der Waals surface area contributed by atoms with Gasteiger partial charge in [0.1, 0.15) is 6.61 Å². The quantitative estimate of drug-likeness (QED) is 0.343. The normalized spacial score (nSPS) is 22.0. The van der Waals surface area contributed by atoms with E-state index in [1.165, 1.54) is 0 Å². The molecule has 34 heavy (non-hydrogen) atoms. The predicted molar refractivity (Wildman–Crippen MR) is 146 cm³/mol. The first-order valence-electron chi connectivity index (χ1n) is 12.7.